The number of rotatable bonds is 5. The highest BCUT2D eigenvalue weighted by Crippen LogP contribution is 2.21. The third-order valence-corrected chi connectivity index (χ3v) is 3.55. The van der Waals surface area contributed by atoms with Crippen LogP contribution in [0.25, 0.3) is 0 Å². The summed E-state index contributed by atoms with van der Waals surface area (Å²) >= 11 is 7.48. The van der Waals surface area contributed by atoms with Crippen LogP contribution in [-0.2, 0) is 4.79 Å². The van der Waals surface area contributed by atoms with E-state index in [-0.39, 0.29) is 5.91 Å². The number of nitrogens with zero attached hydrogens (tertiary/aromatic N) is 1. The van der Waals surface area contributed by atoms with Gasteiger partial charge in [0, 0.05) is 12.2 Å². The molecule has 88 valence electrons. The smallest absolute Gasteiger partial charge is 0.255 e. The van der Waals surface area contributed by atoms with E-state index in [9.17, 15) is 4.79 Å². The summed E-state index contributed by atoms with van der Waals surface area (Å²) in [5.74, 6) is 0.800. The Morgan fingerprint density at radius 2 is 2.00 bits per heavy atom. The predicted octanol–water partition coefficient (Wildman–Crippen LogP) is 3.36. The molecule has 0 aliphatic rings. The summed E-state index contributed by atoms with van der Waals surface area (Å²) < 4.78 is -0.495. The lowest BCUT2D eigenvalue weighted by atomic mass is 10.3. The lowest BCUT2D eigenvalue weighted by molar-refractivity contribution is -0.116. The van der Waals surface area contributed by atoms with E-state index in [0.717, 1.165) is 11.4 Å². The molecular formula is C12H16ClNOS. The zero-order valence-corrected chi connectivity index (χ0v) is 11.1. The van der Waals surface area contributed by atoms with Crippen LogP contribution in [-0.4, -0.2) is 22.9 Å². The minimum Gasteiger partial charge on any atom is -0.311 e. The van der Waals surface area contributed by atoms with E-state index >= 15 is 0 Å². The van der Waals surface area contributed by atoms with Gasteiger partial charge in [-0.05, 0) is 24.8 Å². The third kappa shape index (κ3) is 3.42. The summed E-state index contributed by atoms with van der Waals surface area (Å²) in [5, 5.41) is 0. The van der Waals surface area contributed by atoms with Crippen LogP contribution in [0.2, 0.25) is 0 Å². The van der Waals surface area contributed by atoms with Crippen molar-refractivity contribution in [3.8, 4) is 0 Å². The summed E-state index contributed by atoms with van der Waals surface area (Å²) in [7, 11) is 0. The number of para-hydroxylation sites is 1. The quantitative estimate of drug-likeness (QED) is 0.754. The molecule has 2 nitrogen and oxygen atoms in total. The lowest BCUT2D eigenvalue weighted by Crippen LogP contribution is -2.35. The van der Waals surface area contributed by atoms with Gasteiger partial charge >= 0.3 is 0 Å². The Bertz CT molecular complexity index is 331. The molecule has 0 aliphatic heterocycles. The van der Waals surface area contributed by atoms with Crippen molar-refractivity contribution in [3.05, 3.63) is 30.3 Å². The summed E-state index contributed by atoms with van der Waals surface area (Å²) in [6, 6.07) is 9.60. The molecule has 0 aliphatic carbocycles. The molecule has 1 atom stereocenters. The molecule has 0 spiro atoms. The molecule has 1 rings (SSSR count). The molecule has 16 heavy (non-hydrogen) atoms. The second-order valence-corrected chi connectivity index (χ2v) is 5.27. The number of thioether (sulfide) groups is 1. The van der Waals surface area contributed by atoms with Gasteiger partial charge in [-0.2, -0.15) is 0 Å². The number of anilines is 1. The van der Waals surface area contributed by atoms with E-state index in [4.69, 9.17) is 11.6 Å². The van der Waals surface area contributed by atoms with Gasteiger partial charge in [0.25, 0.3) is 5.91 Å². The number of benzene rings is 1. The van der Waals surface area contributed by atoms with Crippen LogP contribution in [0.5, 0.6) is 0 Å². The van der Waals surface area contributed by atoms with Gasteiger partial charge in [-0.1, -0.05) is 25.1 Å². The summed E-state index contributed by atoms with van der Waals surface area (Å²) in [4.78, 5) is 13.7. The number of halogens is 1. The van der Waals surface area contributed by atoms with Crippen molar-refractivity contribution in [2.75, 3.05) is 17.2 Å². The van der Waals surface area contributed by atoms with Gasteiger partial charge < -0.3 is 4.90 Å². The number of amides is 1. The average molecular weight is 258 g/mol. The Morgan fingerprint density at radius 1 is 1.38 bits per heavy atom. The van der Waals surface area contributed by atoms with Crippen molar-refractivity contribution in [2.24, 2.45) is 0 Å². The number of carbonyl (C=O) groups is 1. The van der Waals surface area contributed by atoms with E-state index in [0.29, 0.717) is 6.54 Å². The largest absolute Gasteiger partial charge is 0.311 e. The maximum atomic E-state index is 12.0. The molecule has 4 heteroatoms. The molecule has 1 aromatic carbocycles. The van der Waals surface area contributed by atoms with E-state index < -0.39 is 4.71 Å². The summed E-state index contributed by atoms with van der Waals surface area (Å²) in [6.45, 7) is 4.58. The molecule has 1 aromatic rings. The maximum Gasteiger partial charge on any atom is 0.255 e. The highest BCUT2D eigenvalue weighted by molar-refractivity contribution is 8.01. The molecule has 0 bridgehead atoms. The van der Waals surface area contributed by atoms with Crippen molar-refractivity contribution in [2.45, 2.75) is 18.6 Å². The fraction of sp³-hybridized carbons (Fsp3) is 0.417. The second kappa shape index (κ2) is 6.81. The van der Waals surface area contributed by atoms with Crippen LogP contribution < -0.4 is 4.90 Å². The number of hydrogen-bond donors (Lipinski definition) is 0. The number of alkyl halides is 1. The number of hydrogen-bond acceptors (Lipinski definition) is 2. The zero-order valence-electron chi connectivity index (χ0n) is 9.52. The SMILES string of the molecule is CCSC(Cl)C(=O)N(CC)c1ccccc1. The molecular weight excluding hydrogens is 242 g/mol. The molecule has 0 saturated heterocycles. The van der Waals surface area contributed by atoms with Gasteiger partial charge in [0.15, 0.2) is 4.71 Å². The van der Waals surface area contributed by atoms with Gasteiger partial charge in [-0.3, -0.25) is 4.79 Å². The van der Waals surface area contributed by atoms with Crippen molar-refractivity contribution in [1.82, 2.24) is 0 Å². The molecule has 1 amide bonds. The van der Waals surface area contributed by atoms with Crippen molar-refractivity contribution >= 4 is 35.0 Å². The van der Waals surface area contributed by atoms with Crippen LogP contribution in [0.3, 0.4) is 0 Å². The molecule has 0 saturated carbocycles. The minimum atomic E-state index is -0.495. The molecule has 0 fully saturated rings. The van der Waals surface area contributed by atoms with Gasteiger partial charge in [0.1, 0.15) is 0 Å². The maximum absolute atomic E-state index is 12.0. The van der Waals surface area contributed by atoms with Crippen LogP contribution in [0.15, 0.2) is 30.3 Å². The van der Waals surface area contributed by atoms with Crippen LogP contribution in [0.1, 0.15) is 13.8 Å². The minimum absolute atomic E-state index is 0.0396. The summed E-state index contributed by atoms with van der Waals surface area (Å²) in [5.41, 5.74) is 0.900. The zero-order chi connectivity index (χ0) is 12.0. The Labute approximate surface area is 106 Å². The molecule has 0 radical (unpaired) electrons. The van der Waals surface area contributed by atoms with Crippen LogP contribution in [0.4, 0.5) is 5.69 Å². The standard InChI is InChI=1S/C12H16ClNOS/c1-3-14(10-8-6-5-7-9-10)12(15)11(13)16-4-2/h5-9,11H,3-4H2,1-2H3. The van der Waals surface area contributed by atoms with E-state index in [1.807, 2.05) is 44.2 Å². The van der Waals surface area contributed by atoms with Gasteiger partial charge in [-0.15, -0.1) is 23.4 Å². The monoisotopic (exact) mass is 257 g/mol. The molecule has 0 N–H and O–H groups in total. The van der Waals surface area contributed by atoms with Crippen molar-refractivity contribution in [3.63, 3.8) is 0 Å². The first-order valence-corrected chi connectivity index (χ1v) is 6.81. The van der Waals surface area contributed by atoms with E-state index in [2.05, 4.69) is 0 Å². The lowest BCUT2D eigenvalue weighted by Gasteiger charge is -2.23. The fourth-order valence-electron chi connectivity index (χ4n) is 1.41. The molecule has 0 aromatic heterocycles. The average Bonchev–Trinajstić information content (AvgIpc) is 2.31. The first-order valence-electron chi connectivity index (χ1n) is 5.32. The van der Waals surface area contributed by atoms with Gasteiger partial charge in [0.2, 0.25) is 0 Å². The fourth-order valence-corrected chi connectivity index (χ4v) is 2.47. The molecule has 0 heterocycles. The van der Waals surface area contributed by atoms with Crippen LogP contribution >= 0.6 is 23.4 Å². The highest BCUT2D eigenvalue weighted by atomic mass is 35.5. The van der Waals surface area contributed by atoms with Crippen molar-refractivity contribution < 1.29 is 4.79 Å². The first-order chi connectivity index (χ1) is 7.70. The highest BCUT2D eigenvalue weighted by Gasteiger charge is 2.21. The van der Waals surface area contributed by atoms with Crippen molar-refractivity contribution in [1.29, 1.82) is 0 Å². The number of carbonyl (C=O) groups excluding carboxylic acids is 1. The Hall–Kier alpha value is -0.670. The van der Waals surface area contributed by atoms with E-state index in [1.54, 1.807) is 4.90 Å². The Balaban J connectivity index is 2.79. The first kappa shape index (κ1) is 13.4. The predicted molar refractivity (Wildman–Crippen MR) is 72.2 cm³/mol. The Morgan fingerprint density at radius 3 is 2.50 bits per heavy atom. The van der Waals surface area contributed by atoms with E-state index in [1.165, 1.54) is 11.8 Å². The Kier molecular flexibility index (Phi) is 5.71. The van der Waals surface area contributed by atoms with Crippen LogP contribution in [0, 0.1) is 0 Å². The van der Waals surface area contributed by atoms with Gasteiger partial charge in [0.05, 0.1) is 0 Å². The third-order valence-electron chi connectivity index (χ3n) is 2.16. The molecule has 1 unspecified atom stereocenters. The normalized spacial score (nSPS) is 12.2. The van der Waals surface area contributed by atoms with Gasteiger partial charge in [-0.25, -0.2) is 0 Å². The second-order valence-electron chi connectivity index (χ2n) is 3.19. The topological polar surface area (TPSA) is 20.3 Å². The summed E-state index contributed by atoms with van der Waals surface area (Å²) in [6.07, 6.45) is 0.